The van der Waals surface area contributed by atoms with Crippen LogP contribution in [0.15, 0.2) is 43.0 Å². The fourth-order valence-corrected chi connectivity index (χ4v) is 1.83. The third kappa shape index (κ3) is 6.92. The number of alkyl carbamates (subject to hydrolysis) is 1. The van der Waals surface area contributed by atoms with Gasteiger partial charge in [0, 0.05) is 0 Å². The molecule has 1 aromatic rings. The van der Waals surface area contributed by atoms with E-state index in [1.54, 1.807) is 0 Å². The molecule has 0 saturated carbocycles. The van der Waals surface area contributed by atoms with E-state index in [-0.39, 0.29) is 19.1 Å². The highest BCUT2D eigenvalue weighted by Gasteiger charge is 2.24. The number of carbonyl (C=O) groups is 2. The molecule has 0 spiro atoms. The highest BCUT2D eigenvalue weighted by molar-refractivity contribution is 5.81. The van der Waals surface area contributed by atoms with Crippen LogP contribution in [0.4, 0.5) is 4.79 Å². The first-order chi connectivity index (χ1) is 10.5. The Labute approximate surface area is 131 Å². The lowest BCUT2D eigenvalue weighted by Gasteiger charge is -2.19. The number of hydrogen-bond acceptors (Lipinski definition) is 4. The van der Waals surface area contributed by atoms with E-state index in [0.717, 1.165) is 5.56 Å². The monoisotopic (exact) mass is 305 g/mol. The van der Waals surface area contributed by atoms with Crippen LogP contribution in [0.5, 0.6) is 0 Å². The van der Waals surface area contributed by atoms with E-state index in [0.29, 0.717) is 6.42 Å². The van der Waals surface area contributed by atoms with Crippen molar-refractivity contribution >= 4 is 12.1 Å². The molecule has 1 aromatic carbocycles. The van der Waals surface area contributed by atoms with Crippen molar-refractivity contribution in [1.82, 2.24) is 5.32 Å². The lowest BCUT2D eigenvalue weighted by Crippen LogP contribution is -2.43. The summed E-state index contributed by atoms with van der Waals surface area (Å²) in [5, 5.41) is 2.54. The van der Waals surface area contributed by atoms with Gasteiger partial charge in [-0.1, -0.05) is 56.8 Å². The highest BCUT2D eigenvalue weighted by Crippen LogP contribution is 2.09. The van der Waals surface area contributed by atoms with Crippen LogP contribution >= 0.6 is 0 Å². The van der Waals surface area contributed by atoms with Crippen LogP contribution in [0.2, 0.25) is 0 Å². The van der Waals surface area contributed by atoms with Crippen molar-refractivity contribution in [3.63, 3.8) is 0 Å². The molecule has 0 heterocycles. The Morgan fingerprint density at radius 3 is 2.50 bits per heavy atom. The Hall–Kier alpha value is -2.30. The standard InChI is InChI=1S/C17H23NO4/c1-4-10-21-17(20)18-15(11-13(2)3)16(19)22-12-14-8-6-5-7-9-14/h4-9,13,15H,1,10-12H2,2-3H3,(H,18,20). The molecule has 1 unspecified atom stereocenters. The first-order valence-corrected chi connectivity index (χ1v) is 7.27. The van der Waals surface area contributed by atoms with Crippen molar-refractivity contribution in [3.05, 3.63) is 48.6 Å². The SMILES string of the molecule is C=CCOC(=O)NC(CC(C)C)C(=O)OCc1ccccc1. The number of nitrogens with one attached hydrogen (secondary N) is 1. The Bertz CT molecular complexity index is 485. The van der Waals surface area contributed by atoms with Gasteiger partial charge < -0.3 is 14.8 Å². The fourth-order valence-electron chi connectivity index (χ4n) is 1.83. The van der Waals surface area contributed by atoms with Gasteiger partial charge in [0.25, 0.3) is 0 Å². The zero-order valence-corrected chi connectivity index (χ0v) is 13.1. The zero-order valence-electron chi connectivity index (χ0n) is 13.1. The largest absolute Gasteiger partial charge is 0.459 e. The average molecular weight is 305 g/mol. The second kappa shape index (κ2) is 9.60. The molecule has 5 nitrogen and oxygen atoms in total. The molecule has 0 fully saturated rings. The summed E-state index contributed by atoms with van der Waals surface area (Å²) < 4.78 is 10.1. The smallest absolute Gasteiger partial charge is 0.408 e. The maximum absolute atomic E-state index is 12.1. The maximum Gasteiger partial charge on any atom is 0.408 e. The van der Waals surface area contributed by atoms with E-state index in [9.17, 15) is 9.59 Å². The van der Waals surface area contributed by atoms with E-state index in [2.05, 4.69) is 11.9 Å². The molecule has 0 bridgehead atoms. The van der Waals surface area contributed by atoms with Gasteiger partial charge in [0.05, 0.1) is 0 Å². The number of esters is 1. The molecule has 1 atom stereocenters. The zero-order chi connectivity index (χ0) is 16.4. The first-order valence-electron chi connectivity index (χ1n) is 7.27. The maximum atomic E-state index is 12.1. The van der Waals surface area contributed by atoms with Gasteiger partial charge >= 0.3 is 12.1 Å². The average Bonchev–Trinajstić information content (AvgIpc) is 2.50. The van der Waals surface area contributed by atoms with Crippen LogP contribution in [-0.2, 0) is 20.9 Å². The lowest BCUT2D eigenvalue weighted by atomic mass is 10.0. The molecule has 1 rings (SSSR count). The third-order valence-corrected chi connectivity index (χ3v) is 2.84. The van der Waals surface area contributed by atoms with E-state index < -0.39 is 18.1 Å². The van der Waals surface area contributed by atoms with Gasteiger partial charge in [-0.3, -0.25) is 0 Å². The van der Waals surface area contributed by atoms with Gasteiger partial charge in [0.1, 0.15) is 19.3 Å². The Kier molecular flexibility index (Phi) is 7.75. The molecule has 0 aliphatic heterocycles. The van der Waals surface area contributed by atoms with Crippen LogP contribution in [-0.4, -0.2) is 24.7 Å². The summed E-state index contributed by atoms with van der Waals surface area (Å²) in [6.45, 7) is 7.67. The van der Waals surface area contributed by atoms with Gasteiger partial charge in [-0.05, 0) is 17.9 Å². The summed E-state index contributed by atoms with van der Waals surface area (Å²) in [5.41, 5.74) is 0.897. The predicted molar refractivity (Wildman–Crippen MR) is 84.2 cm³/mol. The van der Waals surface area contributed by atoms with Gasteiger partial charge in [-0.25, -0.2) is 9.59 Å². The van der Waals surface area contributed by atoms with Crippen LogP contribution < -0.4 is 5.32 Å². The van der Waals surface area contributed by atoms with Gasteiger partial charge in [-0.15, -0.1) is 0 Å². The quantitative estimate of drug-likeness (QED) is 0.592. The molecule has 0 aliphatic rings. The number of benzene rings is 1. The van der Waals surface area contributed by atoms with E-state index >= 15 is 0 Å². The van der Waals surface area contributed by atoms with E-state index in [1.165, 1.54) is 6.08 Å². The van der Waals surface area contributed by atoms with Crippen LogP contribution in [0, 0.1) is 5.92 Å². The molecule has 1 amide bonds. The summed E-state index contributed by atoms with van der Waals surface area (Å²) in [7, 11) is 0. The van der Waals surface area contributed by atoms with E-state index in [1.807, 2.05) is 44.2 Å². The van der Waals surface area contributed by atoms with Crippen molar-refractivity contribution < 1.29 is 19.1 Å². The molecule has 120 valence electrons. The molecule has 5 heteroatoms. The van der Waals surface area contributed by atoms with Crippen LogP contribution in [0.25, 0.3) is 0 Å². The molecule has 0 aliphatic carbocycles. The minimum absolute atomic E-state index is 0.0965. The van der Waals surface area contributed by atoms with Crippen molar-refractivity contribution in [2.24, 2.45) is 5.92 Å². The van der Waals surface area contributed by atoms with Crippen molar-refractivity contribution in [2.75, 3.05) is 6.61 Å². The van der Waals surface area contributed by atoms with Gasteiger partial charge in [0.2, 0.25) is 0 Å². The second-order valence-electron chi connectivity index (χ2n) is 5.31. The van der Waals surface area contributed by atoms with E-state index in [4.69, 9.17) is 9.47 Å². The number of rotatable bonds is 8. The molecule has 0 saturated heterocycles. The molecular weight excluding hydrogens is 282 g/mol. The summed E-state index contributed by atoms with van der Waals surface area (Å²) in [6.07, 6.45) is 1.30. The third-order valence-electron chi connectivity index (χ3n) is 2.84. The molecular formula is C17H23NO4. The van der Waals surface area contributed by atoms with Crippen LogP contribution in [0.3, 0.4) is 0 Å². The number of hydrogen-bond donors (Lipinski definition) is 1. The number of carbonyl (C=O) groups excluding carboxylic acids is 2. The summed E-state index contributed by atoms with van der Waals surface area (Å²) in [5.74, 6) is -0.234. The second-order valence-corrected chi connectivity index (χ2v) is 5.31. The van der Waals surface area contributed by atoms with Crippen molar-refractivity contribution in [2.45, 2.75) is 32.9 Å². The fraction of sp³-hybridized carbons (Fsp3) is 0.412. The number of amides is 1. The summed E-state index contributed by atoms with van der Waals surface area (Å²) in [6, 6.07) is 8.66. The predicted octanol–water partition coefficient (Wildman–Crippen LogP) is 3.06. The van der Waals surface area contributed by atoms with Crippen LogP contribution in [0.1, 0.15) is 25.8 Å². The number of ether oxygens (including phenoxy) is 2. The first kappa shape index (κ1) is 17.8. The van der Waals surface area contributed by atoms with Crippen molar-refractivity contribution in [1.29, 1.82) is 0 Å². The highest BCUT2D eigenvalue weighted by atomic mass is 16.6. The topological polar surface area (TPSA) is 64.6 Å². The van der Waals surface area contributed by atoms with Gasteiger partial charge in [0.15, 0.2) is 0 Å². The molecule has 0 radical (unpaired) electrons. The normalized spacial score (nSPS) is 11.6. The van der Waals surface area contributed by atoms with Crippen molar-refractivity contribution in [3.8, 4) is 0 Å². The molecule has 1 N–H and O–H groups in total. The molecule has 0 aromatic heterocycles. The minimum Gasteiger partial charge on any atom is -0.459 e. The summed E-state index contributed by atoms with van der Waals surface area (Å²) in [4.78, 5) is 23.7. The van der Waals surface area contributed by atoms with Gasteiger partial charge in [-0.2, -0.15) is 0 Å². The lowest BCUT2D eigenvalue weighted by molar-refractivity contribution is -0.147. The molecule has 22 heavy (non-hydrogen) atoms. The minimum atomic E-state index is -0.721. The Balaban J connectivity index is 2.55. The summed E-state index contributed by atoms with van der Waals surface area (Å²) >= 11 is 0. The Morgan fingerprint density at radius 2 is 1.91 bits per heavy atom. The Morgan fingerprint density at radius 1 is 1.23 bits per heavy atom.